The van der Waals surface area contributed by atoms with Crippen molar-refractivity contribution >= 4 is 0 Å². The van der Waals surface area contributed by atoms with E-state index in [1.54, 1.807) is 7.11 Å². The van der Waals surface area contributed by atoms with Crippen LogP contribution in [-0.2, 0) is 19.5 Å². The van der Waals surface area contributed by atoms with Gasteiger partial charge >= 0.3 is 0 Å². The molecule has 0 fully saturated rings. The minimum Gasteiger partial charge on any atom is -0.496 e. The van der Waals surface area contributed by atoms with Crippen molar-refractivity contribution in [3.8, 4) is 5.75 Å². The van der Waals surface area contributed by atoms with E-state index < -0.39 is 0 Å². The number of benzene rings is 1. The summed E-state index contributed by atoms with van der Waals surface area (Å²) in [5.74, 6) is 1.02. The van der Waals surface area contributed by atoms with Gasteiger partial charge in [0.1, 0.15) is 5.75 Å². The van der Waals surface area contributed by atoms with Crippen molar-refractivity contribution in [1.82, 2.24) is 9.88 Å². The van der Waals surface area contributed by atoms with Gasteiger partial charge in [-0.2, -0.15) is 0 Å². The first-order valence-electron chi connectivity index (χ1n) is 7.05. The van der Waals surface area contributed by atoms with Gasteiger partial charge in [-0.1, -0.05) is 30.3 Å². The van der Waals surface area contributed by atoms with Gasteiger partial charge in [-0.25, -0.2) is 0 Å². The SMILES string of the molecule is COc1c(C)cnc2c1CCN(Cc1ccccc1)C2. The fourth-order valence-electron chi connectivity index (χ4n) is 2.90. The highest BCUT2D eigenvalue weighted by Crippen LogP contribution is 2.29. The number of methoxy groups -OCH3 is 1. The monoisotopic (exact) mass is 268 g/mol. The molecule has 0 N–H and O–H groups in total. The van der Waals surface area contributed by atoms with Gasteiger partial charge < -0.3 is 4.74 Å². The summed E-state index contributed by atoms with van der Waals surface area (Å²) in [6.45, 7) is 5.00. The second-order valence-electron chi connectivity index (χ2n) is 5.35. The summed E-state index contributed by atoms with van der Waals surface area (Å²) in [6.07, 6.45) is 2.93. The quantitative estimate of drug-likeness (QED) is 0.855. The fraction of sp³-hybridized carbons (Fsp3) is 0.353. The largest absolute Gasteiger partial charge is 0.496 e. The first-order chi connectivity index (χ1) is 9.78. The zero-order valence-electron chi connectivity index (χ0n) is 12.1. The lowest BCUT2D eigenvalue weighted by molar-refractivity contribution is 0.238. The number of hydrogen-bond acceptors (Lipinski definition) is 3. The van der Waals surface area contributed by atoms with Crippen LogP contribution in [0.15, 0.2) is 36.5 Å². The van der Waals surface area contributed by atoms with Gasteiger partial charge in [0.25, 0.3) is 0 Å². The Kier molecular flexibility index (Phi) is 3.70. The Morgan fingerprint density at radius 1 is 1.25 bits per heavy atom. The number of nitrogens with zero attached hydrogens (tertiary/aromatic N) is 2. The zero-order chi connectivity index (χ0) is 13.9. The molecule has 3 nitrogen and oxygen atoms in total. The Bertz CT molecular complexity index is 595. The summed E-state index contributed by atoms with van der Waals surface area (Å²) in [5, 5.41) is 0. The highest BCUT2D eigenvalue weighted by Gasteiger charge is 2.21. The Hall–Kier alpha value is -1.87. The Labute approximate surface area is 120 Å². The molecule has 2 heterocycles. The molecule has 3 rings (SSSR count). The first kappa shape index (κ1) is 13.1. The maximum atomic E-state index is 5.54. The third-order valence-electron chi connectivity index (χ3n) is 3.90. The molecule has 0 amide bonds. The fourth-order valence-corrected chi connectivity index (χ4v) is 2.90. The molecule has 0 saturated carbocycles. The van der Waals surface area contributed by atoms with Crippen molar-refractivity contribution in [3.63, 3.8) is 0 Å². The van der Waals surface area contributed by atoms with E-state index in [-0.39, 0.29) is 0 Å². The molecule has 0 aliphatic carbocycles. The van der Waals surface area contributed by atoms with Crippen LogP contribution in [0.5, 0.6) is 5.75 Å². The summed E-state index contributed by atoms with van der Waals surface area (Å²) in [4.78, 5) is 7.04. The average molecular weight is 268 g/mol. The van der Waals surface area contributed by atoms with E-state index in [2.05, 4.69) is 47.1 Å². The van der Waals surface area contributed by atoms with Gasteiger partial charge in [0.05, 0.1) is 12.8 Å². The zero-order valence-corrected chi connectivity index (χ0v) is 12.1. The van der Waals surface area contributed by atoms with Crippen LogP contribution in [0.25, 0.3) is 0 Å². The molecule has 0 atom stereocenters. The number of fused-ring (bicyclic) bond motifs is 1. The molecule has 1 aliphatic heterocycles. The second-order valence-corrected chi connectivity index (χ2v) is 5.35. The number of rotatable bonds is 3. The molecular formula is C17H20N2O. The number of pyridine rings is 1. The molecule has 0 unspecified atom stereocenters. The Balaban J connectivity index is 1.79. The van der Waals surface area contributed by atoms with Crippen LogP contribution in [0.1, 0.15) is 22.4 Å². The molecular weight excluding hydrogens is 248 g/mol. The minimum absolute atomic E-state index is 0.904. The van der Waals surface area contributed by atoms with Crippen molar-refractivity contribution < 1.29 is 4.74 Å². The van der Waals surface area contributed by atoms with E-state index in [1.165, 1.54) is 11.1 Å². The predicted molar refractivity (Wildman–Crippen MR) is 79.8 cm³/mol. The Morgan fingerprint density at radius 2 is 2.05 bits per heavy atom. The van der Waals surface area contributed by atoms with Gasteiger partial charge in [0.15, 0.2) is 0 Å². The van der Waals surface area contributed by atoms with Gasteiger partial charge in [-0.3, -0.25) is 9.88 Å². The van der Waals surface area contributed by atoms with Crippen LogP contribution in [0.4, 0.5) is 0 Å². The third kappa shape index (κ3) is 2.54. The maximum Gasteiger partial charge on any atom is 0.128 e. The number of hydrogen-bond donors (Lipinski definition) is 0. The van der Waals surface area contributed by atoms with Crippen molar-refractivity contribution in [3.05, 3.63) is 58.9 Å². The van der Waals surface area contributed by atoms with Crippen LogP contribution < -0.4 is 4.74 Å². The summed E-state index contributed by atoms with van der Waals surface area (Å²) >= 11 is 0. The van der Waals surface area contributed by atoms with Crippen LogP contribution >= 0.6 is 0 Å². The number of aryl methyl sites for hydroxylation is 1. The lowest BCUT2D eigenvalue weighted by Crippen LogP contribution is -2.31. The van der Waals surface area contributed by atoms with Crippen molar-refractivity contribution in [2.75, 3.05) is 13.7 Å². The van der Waals surface area contributed by atoms with E-state index in [9.17, 15) is 0 Å². The average Bonchev–Trinajstić information content (AvgIpc) is 2.48. The van der Waals surface area contributed by atoms with Gasteiger partial charge in [0.2, 0.25) is 0 Å². The van der Waals surface area contributed by atoms with E-state index in [0.29, 0.717) is 0 Å². The summed E-state index contributed by atoms with van der Waals surface area (Å²) in [5.41, 5.74) is 4.93. The van der Waals surface area contributed by atoms with E-state index in [0.717, 1.165) is 43.1 Å². The molecule has 20 heavy (non-hydrogen) atoms. The van der Waals surface area contributed by atoms with Gasteiger partial charge in [-0.05, 0) is 18.9 Å². The highest BCUT2D eigenvalue weighted by atomic mass is 16.5. The Morgan fingerprint density at radius 3 is 2.80 bits per heavy atom. The smallest absolute Gasteiger partial charge is 0.128 e. The van der Waals surface area contributed by atoms with E-state index in [1.807, 2.05) is 6.20 Å². The van der Waals surface area contributed by atoms with Crippen molar-refractivity contribution in [2.24, 2.45) is 0 Å². The highest BCUT2D eigenvalue weighted by molar-refractivity contribution is 5.43. The predicted octanol–water partition coefficient (Wildman–Crippen LogP) is 2.96. The van der Waals surface area contributed by atoms with Crippen molar-refractivity contribution in [1.29, 1.82) is 0 Å². The van der Waals surface area contributed by atoms with Crippen molar-refractivity contribution in [2.45, 2.75) is 26.4 Å². The molecule has 0 saturated heterocycles. The standard InChI is InChI=1S/C17H20N2O/c1-13-10-18-16-12-19(9-8-15(16)17(13)20-2)11-14-6-4-3-5-7-14/h3-7,10H,8-9,11-12H2,1-2H3. The molecule has 2 aromatic rings. The normalized spacial score (nSPS) is 14.9. The minimum atomic E-state index is 0.904. The first-order valence-corrected chi connectivity index (χ1v) is 7.05. The lowest BCUT2D eigenvalue weighted by Gasteiger charge is -2.29. The molecule has 1 aromatic carbocycles. The number of aromatic nitrogens is 1. The number of ether oxygens (including phenoxy) is 1. The van der Waals surface area contributed by atoms with Crippen LogP contribution in [-0.4, -0.2) is 23.5 Å². The van der Waals surface area contributed by atoms with Gasteiger partial charge in [-0.15, -0.1) is 0 Å². The van der Waals surface area contributed by atoms with E-state index in [4.69, 9.17) is 4.74 Å². The second kappa shape index (κ2) is 5.63. The summed E-state index contributed by atoms with van der Waals surface area (Å²) in [6, 6.07) is 10.6. The topological polar surface area (TPSA) is 25.4 Å². The van der Waals surface area contributed by atoms with Crippen LogP contribution in [0, 0.1) is 6.92 Å². The summed E-state index contributed by atoms with van der Waals surface area (Å²) < 4.78 is 5.54. The van der Waals surface area contributed by atoms with Crippen LogP contribution in [0.3, 0.4) is 0 Å². The molecule has 1 aromatic heterocycles. The third-order valence-corrected chi connectivity index (χ3v) is 3.90. The molecule has 3 heteroatoms. The summed E-state index contributed by atoms with van der Waals surface area (Å²) in [7, 11) is 1.75. The molecule has 104 valence electrons. The van der Waals surface area contributed by atoms with Gasteiger partial charge in [0, 0.05) is 37.0 Å². The molecule has 0 radical (unpaired) electrons. The maximum absolute atomic E-state index is 5.54. The molecule has 1 aliphatic rings. The van der Waals surface area contributed by atoms with E-state index >= 15 is 0 Å². The lowest BCUT2D eigenvalue weighted by atomic mass is 10.0. The van der Waals surface area contributed by atoms with Crippen LogP contribution in [0.2, 0.25) is 0 Å². The molecule has 0 spiro atoms. The molecule has 0 bridgehead atoms.